The molecular formula is C24H31BrN6. The fraction of sp³-hybridized carbons (Fsp3) is 0.417. The molecule has 0 radical (unpaired) electrons. The monoisotopic (exact) mass is 482 g/mol. The van der Waals surface area contributed by atoms with Crippen LogP contribution in [0.15, 0.2) is 52.2 Å². The van der Waals surface area contributed by atoms with Crippen LogP contribution in [0.2, 0.25) is 0 Å². The first kappa shape index (κ1) is 21.8. The summed E-state index contributed by atoms with van der Waals surface area (Å²) < 4.78 is 2.81. The molecule has 31 heavy (non-hydrogen) atoms. The van der Waals surface area contributed by atoms with Gasteiger partial charge >= 0.3 is 0 Å². The molecular weight excluding hydrogens is 452 g/mol. The number of hydrogen-bond acceptors (Lipinski definition) is 4. The Morgan fingerprint density at radius 1 is 1.32 bits per heavy atom. The first-order valence-electron chi connectivity index (χ1n) is 10.8. The molecule has 0 unspecified atom stereocenters. The van der Waals surface area contributed by atoms with Gasteiger partial charge in [-0.1, -0.05) is 39.0 Å². The van der Waals surface area contributed by atoms with Crippen molar-refractivity contribution in [3.05, 3.63) is 58.3 Å². The molecule has 1 aliphatic carbocycles. The Morgan fingerprint density at radius 2 is 2.06 bits per heavy atom. The Kier molecular flexibility index (Phi) is 5.60. The molecule has 7 heteroatoms. The number of nitrogens with two attached hydrogens (primary N) is 2. The van der Waals surface area contributed by atoms with Crippen molar-refractivity contribution in [2.75, 3.05) is 5.32 Å². The number of aliphatic imine (C=N–C) groups is 1. The van der Waals surface area contributed by atoms with E-state index < -0.39 is 0 Å². The molecule has 1 fully saturated rings. The van der Waals surface area contributed by atoms with Gasteiger partial charge in [0.05, 0.1) is 28.7 Å². The normalized spacial score (nSPS) is 23.4. The number of anilines is 1. The molecule has 2 atom stereocenters. The topological polar surface area (TPSA) is 93.7 Å². The van der Waals surface area contributed by atoms with Crippen molar-refractivity contribution in [2.45, 2.75) is 58.5 Å². The smallest absolute Gasteiger partial charge is 0.135 e. The van der Waals surface area contributed by atoms with Crippen LogP contribution in [0.1, 0.15) is 51.7 Å². The van der Waals surface area contributed by atoms with Crippen LogP contribution in [-0.2, 0) is 6.42 Å². The van der Waals surface area contributed by atoms with Crippen molar-refractivity contribution in [3.8, 4) is 0 Å². The Bertz CT molecular complexity index is 1140. The van der Waals surface area contributed by atoms with Crippen LogP contribution in [0.3, 0.4) is 0 Å². The van der Waals surface area contributed by atoms with Crippen molar-refractivity contribution < 1.29 is 0 Å². The third-order valence-corrected chi connectivity index (χ3v) is 7.54. The van der Waals surface area contributed by atoms with Crippen LogP contribution in [-0.4, -0.2) is 27.0 Å². The van der Waals surface area contributed by atoms with Gasteiger partial charge in [-0.3, -0.25) is 0 Å². The number of nitrogens with one attached hydrogen (secondary N) is 1. The van der Waals surface area contributed by atoms with Gasteiger partial charge in [0.15, 0.2) is 0 Å². The van der Waals surface area contributed by atoms with Crippen molar-refractivity contribution in [3.63, 3.8) is 0 Å². The highest BCUT2D eigenvalue weighted by atomic mass is 79.9. The van der Waals surface area contributed by atoms with E-state index in [4.69, 9.17) is 16.5 Å². The molecule has 1 aromatic carbocycles. The average molecular weight is 483 g/mol. The first-order valence-corrected chi connectivity index (χ1v) is 11.6. The second-order valence-electron chi connectivity index (χ2n) is 9.28. The Morgan fingerprint density at radius 3 is 2.74 bits per heavy atom. The summed E-state index contributed by atoms with van der Waals surface area (Å²) >= 11 is 3.58. The molecule has 1 saturated carbocycles. The Balaban J connectivity index is 1.82. The van der Waals surface area contributed by atoms with Gasteiger partial charge in [-0.25, -0.2) is 9.51 Å². The predicted octanol–water partition coefficient (Wildman–Crippen LogP) is 5.01. The van der Waals surface area contributed by atoms with Crippen LogP contribution in [0.4, 0.5) is 11.4 Å². The van der Waals surface area contributed by atoms with E-state index in [-0.39, 0.29) is 17.0 Å². The number of nitrogens with zero attached hydrogens (tertiary/aromatic N) is 3. The average Bonchev–Trinajstić information content (AvgIpc) is 3.19. The minimum absolute atomic E-state index is 0.0882. The molecule has 0 saturated heterocycles. The number of rotatable bonds is 5. The molecule has 164 valence electrons. The fourth-order valence-electron chi connectivity index (χ4n) is 4.43. The molecule has 5 N–H and O–H groups in total. The molecule has 1 aliphatic rings. The van der Waals surface area contributed by atoms with Crippen LogP contribution >= 0.6 is 15.9 Å². The number of halogens is 1. The number of benzene rings is 1. The quantitative estimate of drug-likeness (QED) is 0.351. The maximum atomic E-state index is 6.63. The molecule has 2 aromatic heterocycles. The lowest BCUT2D eigenvalue weighted by atomic mass is 9.75. The minimum atomic E-state index is -0.240. The van der Waals surface area contributed by atoms with Gasteiger partial charge < -0.3 is 16.8 Å². The zero-order valence-electron chi connectivity index (χ0n) is 18.6. The fourth-order valence-corrected chi connectivity index (χ4v) is 4.84. The molecule has 0 amide bonds. The summed E-state index contributed by atoms with van der Waals surface area (Å²) in [5, 5.41) is 8.35. The maximum absolute atomic E-state index is 6.63. The van der Waals surface area contributed by atoms with E-state index in [2.05, 4.69) is 66.2 Å². The van der Waals surface area contributed by atoms with E-state index in [0.717, 1.165) is 51.8 Å². The van der Waals surface area contributed by atoms with Crippen LogP contribution in [0.25, 0.3) is 5.52 Å². The predicted molar refractivity (Wildman–Crippen MR) is 132 cm³/mol. The number of amidine groups is 1. The van der Waals surface area contributed by atoms with E-state index in [9.17, 15) is 0 Å². The number of fused-ring (bicyclic) bond motifs is 1. The van der Waals surface area contributed by atoms with E-state index >= 15 is 0 Å². The lowest BCUT2D eigenvalue weighted by molar-refractivity contribution is 0.215. The second kappa shape index (κ2) is 7.95. The van der Waals surface area contributed by atoms with E-state index in [1.807, 2.05) is 28.9 Å². The van der Waals surface area contributed by atoms with Gasteiger partial charge in [0, 0.05) is 27.7 Å². The third-order valence-electron chi connectivity index (χ3n) is 7.11. The summed E-state index contributed by atoms with van der Waals surface area (Å²) in [4.78, 5) is 4.78. The highest BCUT2D eigenvalue weighted by Gasteiger charge is 2.49. The molecule has 0 aliphatic heterocycles. The Hall–Kier alpha value is -2.38. The van der Waals surface area contributed by atoms with Gasteiger partial charge in [-0.15, -0.1) is 0 Å². The largest absolute Gasteiger partial charge is 0.383 e. The highest BCUT2D eigenvalue weighted by Crippen LogP contribution is 2.46. The number of para-hydroxylation sites is 1. The molecule has 4 rings (SSSR count). The van der Waals surface area contributed by atoms with E-state index in [0.29, 0.717) is 5.84 Å². The number of aromatic nitrogens is 2. The van der Waals surface area contributed by atoms with Gasteiger partial charge in [-0.2, -0.15) is 5.10 Å². The second-order valence-corrected chi connectivity index (χ2v) is 10.2. The lowest BCUT2D eigenvalue weighted by Gasteiger charge is -2.39. The van der Waals surface area contributed by atoms with Crippen LogP contribution < -0.4 is 16.8 Å². The van der Waals surface area contributed by atoms with Gasteiger partial charge in [0.25, 0.3) is 0 Å². The molecule has 6 nitrogen and oxygen atoms in total. The van der Waals surface area contributed by atoms with Crippen LogP contribution in [0, 0.1) is 5.41 Å². The summed E-state index contributed by atoms with van der Waals surface area (Å²) in [6.07, 6.45) is 6.58. The molecule has 0 bridgehead atoms. The summed E-state index contributed by atoms with van der Waals surface area (Å²) in [6.45, 7) is 8.73. The lowest BCUT2D eigenvalue weighted by Crippen LogP contribution is -2.51. The minimum Gasteiger partial charge on any atom is -0.383 e. The number of hydrogen-bond donors (Lipinski definition) is 3. The third kappa shape index (κ3) is 3.85. The van der Waals surface area contributed by atoms with Gasteiger partial charge in [0.2, 0.25) is 0 Å². The zero-order chi connectivity index (χ0) is 22.4. The van der Waals surface area contributed by atoms with Crippen molar-refractivity contribution in [1.29, 1.82) is 0 Å². The standard InChI is InChI=1S/C24H31BrN6/c1-5-15-8-6-7-9-18(15)29-22(26)17-13-28-31-14-16(25)12-19(31)21(17)30-20-10-11-24(4,27)23(20,2)3/h6-9,12-14,20,30H,5,10-11,27H2,1-4H3,(H2,26,29)/t20-,24+/m1/s1. The molecule has 2 heterocycles. The maximum Gasteiger partial charge on any atom is 0.135 e. The van der Waals surface area contributed by atoms with Crippen molar-refractivity contribution >= 4 is 38.7 Å². The van der Waals surface area contributed by atoms with E-state index in [1.54, 1.807) is 6.20 Å². The summed E-state index contributed by atoms with van der Waals surface area (Å²) in [5.41, 5.74) is 17.6. The molecule has 0 spiro atoms. The summed E-state index contributed by atoms with van der Waals surface area (Å²) in [6, 6.07) is 10.4. The summed E-state index contributed by atoms with van der Waals surface area (Å²) in [5.74, 6) is 0.446. The van der Waals surface area contributed by atoms with Crippen LogP contribution in [0.5, 0.6) is 0 Å². The number of aryl methyl sites for hydroxylation is 1. The van der Waals surface area contributed by atoms with Crippen molar-refractivity contribution in [2.24, 2.45) is 21.9 Å². The molecule has 3 aromatic rings. The van der Waals surface area contributed by atoms with Crippen molar-refractivity contribution in [1.82, 2.24) is 9.61 Å². The highest BCUT2D eigenvalue weighted by molar-refractivity contribution is 9.10. The first-order chi connectivity index (χ1) is 14.6. The van der Waals surface area contributed by atoms with Gasteiger partial charge in [0.1, 0.15) is 5.84 Å². The zero-order valence-corrected chi connectivity index (χ0v) is 20.2. The van der Waals surface area contributed by atoms with Gasteiger partial charge in [-0.05, 0) is 59.8 Å². The van der Waals surface area contributed by atoms with E-state index in [1.165, 1.54) is 0 Å². The summed E-state index contributed by atoms with van der Waals surface area (Å²) in [7, 11) is 0. The SMILES string of the molecule is CCc1ccccc1N=C(N)c1cnn2cc(Br)cc2c1N[C@@H]1CC[C@](C)(N)C1(C)C. The Labute approximate surface area is 192 Å².